The second kappa shape index (κ2) is 2.21. The average Bonchev–Trinajstić information content (AvgIpc) is 2.36. The van der Waals surface area contributed by atoms with Gasteiger partial charge in [0.2, 0.25) is 5.65 Å². The molecule has 0 saturated heterocycles. The van der Waals surface area contributed by atoms with Crippen LogP contribution >= 0.6 is 23.9 Å². The maximum absolute atomic E-state index is 5.44. The number of aromatic amines is 1. The monoisotopic (exact) mass is 185 g/mol. The Morgan fingerprint density at radius 2 is 2.27 bits per heavy atom. The van der Waals surface area contributed by atoms with Gasteiger partial charge in [-0.05, 0) is 0 Å². The molecular weight excluding hydrogens is 182 g/mol. The van der Waals surface area contributed by atoms with Crippen LogP contribution in [-0.4, -0.2) is 18.7 Å². The van der Waals surface area contributed by atoms with Crippen LogP contribution in [0.3, 0.4) is 0 Å². The Balaban J connectivity index is 2.97. The number of nitrogens with two attached hydrogens (primary N) is 1. The van der Waals surface area contributed by atoms with E-state index in [-0.39, 0.29) is 0 Å². The molecule has 0 aliphatic heterocycles. The summed E-state index contributed by atoms with van der Waals surface area (Å²) in [6.45, 7) is 0. The summed E-state index contributed by atoms with van der Waals surface area (Å²) in [7, 11) is 0. The summed E-state index contributed by atoms with van der Waals surface area (Å²) in [6, 6.07) is 0. The first-order valence-corrected chi connectivity index (χ1v) is 3.89. The lowest BCUT2D eigenvalue weighted by Crippen LogP contribution is -1.93. The number of hydrogen-bond donors (Lipinski definition) is 2. The zero-order chi connectivity index (χ0) is 7.84. The first-order valence-electron chi connectivity index (χ1n) is 2.75. The van der Waals surface area contributed by atoms with Crippen molar-refractivity contribution in [2.45, 2.75) is 0 Å². The van der Waals surface area contributed by atoms with Crippen LogP contribution in [-0.2, 0) is 0 Å². The molecule has 7 heteroatoms. The number of H-pyrrole nitrogens is 1. The van der Waals surface area contributed by atoms with Crippen LogP contribution in [0, 0.1) is 4.64 Å². The summed E-state index contributed by atoms with van der Waals surface area (Å²) in [5.41, 5.74) is 6.54. The summed E-state index contributed by atoms with van der Waals surface area (Å²) < 4.78 is 8.20. The van der Waals surface area contributed by atoms with E-state index in [9.17, 15) is 0 Å². The predicted molar refractivity (Wildman–Crippen MR) is 44.8 cm³/mol. The molecule has 0 bridgehead atoms. The molecule has 11 heavy (non-hydrogen) atoms. The zero-order valence-electron chi connectivity index (χ0n) is 5.24. The summed E-state index contributed by atoms with van der Waals surface area (Å²) in [5, 5.41) is 0. The number of hydrogen-bond acceptors (Lipinski definition) is 6. The van der Waals surface area contributed by atoms with Gasteiger partial charge in [-0.25, -0.2) is 4.98 Å². The molecule has 0 unspecified atom stereocenters. The van der Waals surface area contributed by atoms with Crippen molar-refractivity contribution in [3.63, 3.8) is 0 Å². The van der Waals surface area contributed by atoms with Gasteiger partial charge in [0.05, 0.1) is 11.7 Å². The molecule has 0 radical (unpaired) electrons. The van der Waals surface area contributed by atoms with Crippen LogP contribution in [0.5, 0.6) is 0 Å². The maximum Gasteiger partial charge on any atom is 0.212 e. The standard InChI is InChI=1S/C4H3N5S2/c5-1-4(10)7-3-2(6-1)8-11-9-3/h(H2,5,6,8)(H,7,9,10). The van der Waals surface area contributed by atoms with Crippen molar-refractivity contribution in [1.82, 2.24) is 18.7 Å². The quantitative estimate of drug-likeness (QED) is 0.591. The second-order valence-electron chi connectivity index (χ2n) is 1.89. The molecule has 56 valence electrons. The molecule has 0 saturated carbocycles. The molecule has 0 aliphatic rings. The number of rotatable bonds is 0. The second-order valence-corrected chi connectivity index (χ2v) is 2.82. The lowest BCUT2D eigenvalue weighted by molar-refractivity contribution is 1.24. The molecule has 2 aromatic rings. The zero-order valence-corrected chi connectivity index (χ0v) is 6.87. The van der Waals surface area contributed by atoms with Gasteiger partial charge in [-0.3, -0.25) is 0 Å². The van der Waals surface area contributed by atoms with Gasteiger partial charge in [-0.15, -0.1) is 0 Å². The van der Waals surface area contributed by atoms with E-state index in [1.807, 2.05) is 0 Å². The van der Waals surface area contributed by atoms with Crippen LogP contribution in [0.2, 0.25) is 0 Å². The molecule has 0 atom stereocenters. The molecule has 5 nitrogen and oxygen atoms in total. The Labute approximate surface area is 70.6 Å². The van der Waals surface area contributed by atoms with Crippen molar-refractivity contribution in [2.75, 3.05) is 5.73 Å². The largest absolute Gasteiger partial charge is 0.381 e. The SMILES string of the molecule is Nc1nc2nsnc2[nH]c1=S. The normalized spacial score (nSPS) is 10.5. The minimum absolute atomic E-state index is 0.292. The molecule has 3 N–H and O–H groups in total. The van der Waals surface area contributed by atoms with Crippen molar-refractivity contribution >= 4 is 41.1 Å². The Bertz CT molecular complexity index is 443. The van der Waals surface area contributed by atoms with Gasteiger partial charge >= 0.3 is 0 Å². The smallest absolute Gasteiger partial charge is 0.212 e. The van der Waals surface area contributed by atoms with Crippen molar-refractivity contribution in [2.24, 2.45) is 0 Å². The van der Waals surface area contributed by atoms with Crippen LogP contribution < -0.4 is 5.73 Å². The van der Waals surface area contributed by atoms with Crippen molar-refractivity contribution < 1.29 is 0 Å². The van der Waals surface area contributed by atoms with E-state index in [2.05, 4.69) is 18.7 Å². The number of nitrogens with zero attached hydrogens (tertiary/aromatic N) is 3. The molecule has 0 spiro atoms. The average molecular weight is 185 g/mol. The summed E-state index contributed by atoms with van der Waals surface area (Å²) in [6.07, 6.45) is 0. The minimum atomic E-state index is 0.292. The third kappa shape index (κ3) is 0.976. The summed E-state index contributed by atoms with van der Waals surface area (Å²) >= 11 is 5.92. The molecular formula is C4H3N5S2. The fourth-order valence-corrected chi connectivity index (χ4v) is 1.27. The van der Waals surface area contributed by atoms with E-state index >= 15 is 0 Å². The van der Waals surface area contributed by atoms with E-state index in [0.29, 0.717) is 21.8 Å². The highest BCUT2D eigenvalue weighted by atomic mass is 32.1. The number of fused-ring (bicyclic) bond motifs is 1. The third-order valence-corrected chi connectivity index (χ3v) is 1.99. The molecule has 0 aliphatic carbocycles. The first-order chi connectivity index (χ1) is 5.27. The van der Waals surface area contributed by atoms with Crippen molar-refractivity contribution in [1.29, 1.82) is 0 Å². The molecule has 2 heterocycles. The number of nitrogens with one attached hydrogen (secondary N) is 1. The van der Waals surface area contributed by atoms with Crippen LogP contribution in [0.25, 0.3) is 11.3 Å². The number of anilines is 1. The summed E-state index contributed by atoms with van der Waals surface area (Å²) in [5.74, 6) is 0.292. The van der Waals surface area contributed by atoms with E-state index in [0.717, 1.165) is 11.7 Å². The van der Waals surface area contributed by atoms with Gasteiger partial charge in [0.1, 0.15) is 4.64 Å². The Hall–Kier alpha value is -1.08. The molecule has 0 amide bonds. The fourth-order valence-electron chi connectivity index (χ4n) is 0.672. The molecule has 0 fully saturated rings. The van der Waals surface area contributed by atoms with Crippen molar-refractivity contribution in [3.8, 4) is 0 Å². The van der Waals surface area contributed by atoms with Gasteiger partial charge in [-0.2, -0.15) is 8.75 Å². The predicted octanol–water partition coefficient (Wildman–Crippen LogP) is 0.726. The lowest BCUT2D eigenvalue weighted by atomic mass is 10.6. The highest BCUT2D eigenvalue weighted by Crippen LogP contribution is 2.07. The maximum atomic E-state index is 5.44. The highest BCUT2D eigenvalue weighted by Gasteiger charge is 2.00. The van der Waals surface area contributed by atoms with Crippen molar-refractivity contribution in [3.05, 3.63) is 4.64 Å². The van der Waals surface area contributed by atoms with Crippen LogP contribution in [0.15, 0.2) is 0 Å². The number of aromatic nitrogens is 4. The first kappa shape index (κ1) is 6.62. The van der Waals surface area contributed by atoms with Gasteiger partial charge in [0.25, 0.3) is 0 Å². The number of nitrogen functional groups attached to an aromatic ring is 1. The molecule has 2 aromatic heterocycles. The molecule has 2 rings (SSSR count). The van der Waals surface area contributed by atoms with Gasteiger partial charge < -0.3 is 10.7 Å². The van der Waals surface area contributed by atoms with Gasteiger partial charge in [0, 0.05) is 0 Å². The van der Waals surface area contributed by atoms with Crippen LogP contribution in [0.4, 0.5) is 5.82 Å². The molecule has 0 aromatic carbocycles. The van der Waals surface area contributed by atoms with E-state index in [1.165, 1.54) is 0 Å². The minimum Gasteiger partial charge on any atom is -0.381 e. The van der Waals surface area contributed by atoms with Crippen LogP contribution in [0.1, 0.15) is 0 Å². The third-order valence-electron chi connectivity index (χ3n) is 1.16. The Kier molecular flexibility index (Phi) is 1.33. The summed E-state index contributed by atoms with van der Waals surface area (Å²) in [4.78, 5) is 6.72. The van der Waals surface area contributed by atoms with Gasteiger partial charge in [-0.1, -0.05) is 12.2 Å². The Morgan fingerprint density at radius 3 is 3.09 bits per heavy atom. The lowest BCUT2D eigenvalue weighted by Gasteiger charge is -1.89. The van der Waals surface area contributed by atoms with E-state index < -0.39 is 0 Å². The topological polar surface area (TPSA) is 80.5 Å². The Morgan fingerprint density at radius 1 is 1.45 bits per heavy atom. The van der Waals surface area contributed by atoms with E-state index in [1.54, 1.807) is 0 Å². The van der Waals surface area contributed by atoms with Gasteiger partial charge in [0.15, 0.2) is 11.5 Å². The fraction of sp³-hybridized carbons (Fsp3) is 0. The highest BCUT2D eigenvalue weighted by molar-refractivity contribution is 7.71. The van der Waals surface area contributed by atoms with E-state index in [4.69, 9.17) is 18.0 Å².